The van der Waals surface area contributed by atoms with Crippen LogP contribution in [0.25, 0.3) is 0 Å². The van der Waals surface area contributed by atoms with Crippen molar-refractivity contribution < 1.29 is 14.1 Å². The molecule has 7 heteroatoms. The lowest BCUT2D eigenvalue weighted by molar-refractivity contribution is -0.116. The number of nitrogens with zero attached hydrogens (tertiary/aromatic N) is 3. The lowest BCUT2D eigenvalue weighted by Gasteiger charge is -2.25. The second-order valence-corrected chi connectivity index (χ2v) is 4.93. The number of carbonyl (C=O) groups excluding carboxylic acids is 2. The maximum atomic E-state index is 12.0. The van der Waals surface area contributed by atoms with E-state index >= 15 is 0 Å². The number of anilines is 1. The van der Waals surface area contributed by atoms with Gasteiger partial charge in [-0.05, 0) is 18.8 Å². The monoisotopic (exact) mass is 266 g/mol. The molecule has 0 atom stereocenters. The number of hydrogen-bond donors (Lipinski definition) is 1. The normalized spacial score (nSPS) is 14.0. The molecule has 7 nitrogen and oxygen atoms in total. The van der Waals surface area contributed by atoms with E-state index in [9.17, 15) is 9.59 Å². The Bertz CT molecular complexity index is 440. The summed E-state index contributed by atoms with van der Waals surface area (Å²) < 4.78 is 4.63. The first-order valence-corrected chi connectivity index (χ1v) is 6.22. The van der Waals surface area contributed by atoms with E-state index in [1.165, 1.54) is 11.2 Å². The van der Waals surface area contributed by atoms with Crippen molar-refractivity contribution in [1.82, 2.24) is 15.0 Å². The van der Waals surface area contributed by atoms with Crippen LogP contribution in [0.5, 0.6) is 0 Å². The molecule has 0 bridgehead atoms. The number of nitrogens with one attached hydrogen (secondary N) is 1. The Hall–Kier alpha value is -2.05. The quantitative estimate of drug-likeness (QED) is 0.862. The van der Waals surface area contributed by atoms with Gasteiger partial charge in [0.2, 0.25) is 5.91 Å². The molecule has 0 radical (unpaired) electrons. The topological polar surface area (TPSA) is 78.7 Å². The van der Waals surface area contributed by atoms with E-state index in [-0.39, 0.29) is 18.5 Å². The van der Waals surface area contributed by atoms with Crippen LogP contribution in [0.1, 0.15) is 12.8 Å². The smallest absolute Gasteiger partial charge is 0.319 e. The summed E-state index contributed by atoms with van der Waals surface area (Å²) in [5, 5.41) is 6.18. The van der Waals surface area contributed by atoms with Crippen LogP contribution in [0, 0.1) is 5.92 Å². The molecule has 104 valence electrons. The number of carbonyl (C=O) groups is 2. The molecular formula is C12H18N4O3. The molecule has 1 aromatic rings. The fraction of sp³-hybridized carbons (Fsp3) is 0.583. The highest BCUT2D eigenvalue weighted by atomic mass is 16.5. The second kappa shape index (κ2) is 5.73. The number of hydrogen-bond acceptors (Lipinski definition) is 4. The molecule has 1 aliphatic carbocycles. The van der Waals surface area contributed by atoms with Gasteiger partial charge < -0.3 is 19.6 Å². The van der Waals surface area contributed by atoms with Crippen molar-refractivity contribution in [2.24, 2.45) is 5.92 Å². The zero-order chi connectivity index (χ0) is 13.8. The van der Waals surface area contributed by atoms with Crippen molar-refractivity contribution in [2.75, 3.05) is 32.5 Å². The second-order valence-electron chi connectivity index (χ2n) is 4.93. The van der Waals surface area contributed by atoms with Crippen LogP contribution in [0.15, 0.2) is 16.9 Å². The van der Waals surface area contributed by atoms with Crippen molar-refractivity contribution in [1.29, 1.82) is 0 Å². The van der Waals surface area contributed by atoms with E-state index < -0.39 is 0 Å². The average Bonchev–Trinajstić information content (AvgIpc) is 3.02. The Morgan fingerprint density at radius 3 is 2.74 bits per heavy atom. The first-order chi connectivity index (χ1) is 9.06. The number of urea groups is 1. The molecule has 3 amide bonds. The predicted octanol–water partition coefficient (Wildman–Crippen LogP) is 1.01. The highest BCUT2D eigenvalue weighted by molar-refractivity contribution is 5.93. The summed E-state index contributed by atoms with van der Waals surface area (Å²) in [6, 6.07) is 1.40. The van der Waals surface area contributed by atoms with Crippen molar-refractivity contribution in [2.45, 2.75) is 12.8 Å². The molecule has 2 rings (SSSR count). The van der Waals surface area contributed by atoms with Crippen molar-refractivity contribution in [3.63, 3.8) is 0 Å². The van der Waals surface area contributed by atoms with Crippen molar-refractivity contribution in [3.8, 4) is 0 Å². The molecule has 1 aliphatic rings. The Morgan fingerprint density at radius 2 is 2.21 bits per heavy atom. The number of aromatic nitrogens is 1. The van der Waals surface area contributed by atoms with E-state index in [4.69, 9.17) is 0 Å². The van der Waals surface area contributed by atoms with E-state index in [1.807, 2.05) is 0 Å². The summed E-state index contributed by atoms with van der Waals surface area (Å²) in [5.74, 6) is 0.613. The van der Waals surface area contributed by atoms with Crippen LogP contribution in [0.3, 0.4) is 0 Å². The van der Waals surface area contributed by atoms with Gasteiger partial charge >= 0.3 is 6.03 Å². The first kappa shape index (κ1) is 13.4. The molecule has 1 saturated carbocycles. The van der Waals surface area contributed by atoms with E-state index in [0.717, 1.165) is 12.8 Å². The molecular weight excluding hydrogens is 248 g/mol. The fourth-order valence-electron chi connectivity index (χ4n) is 1.74. The van der Waals surface area contributed by atoms with Crippen molar-refractivity contribution in [3.05, 3.63) is 12.3 Å². The van der Waals surface area contributed by atoms with Gasteiger partial charge in [-0.1, -0.05) is 5.16 Å². The van der Waals surface area contributed by atoms with Gasteiger partial charge in [0.1, 0.15) is 12.8 Å². The van der Waals surface area contributed by atoms with Gasteiger partial charge in [-0.15, -0.1) is 0 Å². The van der Waals surface area contributed by atoms with Crippen LogP contribution >= 0.6 is 0 Å². The molecule has 1 heterocycles. The summed E-state index contributed by atoms with van der Waals surface area (Å²) >= 11 is 0. The van der Waals surface area contributed by atoms with Gasteiger partial charge in [-0.3, -0.25) is 4.79 Å². The molecule has 0 aliphatic heterocycles. The molecule has 0 saturated heterocycles. The minimum Gasteiger partial charge on any atom is -0.363 e. The molecule has 0 unspecified atom stereocenters. The van der Waals surface area contributed by atoms with Gasteiger partial charge in [-0.2, -0.15) is 0 Å². The van der Waals surface area contributed by atoms with E-state index in [2.05, 4.69) is 15.0 Å². The van der Waals surface area contributed by atoms with E-state index in [0.29, 0.717) is 18.3 Å². The first-order valence-electron chi connectivity index (χ1n) is 6.22. The van der Waals surface area contributed by atoms with Gasteiger partial charge in [0, 0.05) is 26.7 Å². The Balaban J connectivity index is 1.90. The molecule has 1 fully saturated rings. The molecule has 1 N–H and O–H groups in total. The maximum Gasteiger partial charge on any atom is 0.319 e. The number of amides is 3. The third-order valence-corrected chi connectivity index (χ3v) is 2.87. The third-order valence-electron chi connectivity index (χ3n) is 2.87. The fourth-order valence-corrected chi connectivity index (χ4v) is 1.74. The lowest BCUT2D eigenvalue weighted by atomic mass is 10.3. The Morgan fingerprint density at radius 1 is 1.47 bits per heavy atom. The van der Waals surface area contributed by atoms with Crippen LogP contribution in [-0.2, 0) is 4.79 Å². The maximum absolute atomic E-state index is 12.0. The van der Waals surface area contributed by atoms with Gasteiger partial charge in [0.25, 0.3) is 0 Å². The number of rotatable bonds is 5. The molecule has 0 aromatic carbocycles. The summed E-state index contributed by atoms with van der Waals surface area (Å²) in [6.45, 7) is 0.656. The Labute approximate surface area is 111 Å². The largest absolute Gasteiger partial charge is 0.363 e. The van der Waals surface area contributed by atoms with Crippen LogP contribution in [0.2, 0.25) is 0 Å². The predicted molar refractivity (Wildman–Crippen MR) is 68.5 cm³/mol. The van der Waals surface area contributed by atoms with Gasteiger partial charge in [0.15, 0.2) is 5.82 Å². The summed E-state index contributed by atoms with van der Waals surface area (Å²) in [7, 11) is 3.36. The third kappa shape index (κ3) is 3.97. The minimum atomic E-state index is -0.273. The molecule has 1 aromatic heterocycles. The summed E-state index contributed by atoms with van der Waals surface area (Å²) in [4.78, 5) is 26.9. The van der Waals surface area contributed by atoms with Gasteiger partial charge in [0.05, 0.1) is 0 Å². The highest BCUT2D eigenvalue weighted by Gasteiger charge is 2.28. The summed E-state index contributed by atoms with van der Waals surface area (Å²) in [6.07, 6.45) is 3.63. The summed E-state index contributed by atoms with van der Waals surface area (Å²) in [5.41, 5.74) is 0. The van der Waals surface area contributed by atoms with Crippen LogP contribution < -0.4 is 5.32 Å². The average molecular weight is 266 g/mol. The Kier molecular flexibility index (Phi) is 4.03. The zero-order valence-corrected chi connectivity index (χ0v) is 11.1. The van der Waals surface area contributed by atoms with Crippen LogP contribution in [-0.4, -0.2) is 54.1 Å². The lowest BCUT2D eigenvalue weighted by Crippen LogP contribution is -2.44. The molecule has 19 heavy (non-hydrogen) atoms. The van der Waals surface area contributed by atoms with Crippen molar-refractivity contribution >= 4 is 17.8 Å². The highest BCUT2D eigenvalue weighted by Crippen LogP contribution is 2.29. The minimum absolute atomic E-state index is 0.0281. The molecule has 0 spiro atoms. The standard InChI is InChI=1S/C12H18N4O3/c1-15(2)12(18)16(7-9-3-4-9)8-11(17)13-10-5-6-19-14-10/h5-6,9H,3-4,7-8H2,1-2H3,(H,13,14,17). The zero-order valence-electron chi connectivity index (χ0n) is 11.1. The van der Waals surface area contributed by atoms with Crippen LogP contribution in [0.4, 0.5) is 10.6 Å². The van der Waals surface area contributed by atoms with E-state index in [1.54, 1.807) is 25.1 Å². The SMILES string of the molecule is CN(C)C(=O)N(CC(=O)Nc1ccon1)CC1CC1. The van der Waals surface area contributed by atoms with Gasteiger partial charge in [-0.25, -0.2) is 4.79 Å².